The summed E-state index contributed by atoms with van der Waals surface area (Å²) in [5.41, 5.74) is 1.68. The third-order valence-electron chi connectivity index (χ3n) is 7.75. The maximum atomic E-state index is 4.30. The van der Waals surface area contributed by atoms with Crippen molar-refractivity contribution in [1.82, 2.24) is 20.0 Å². The summed E-state index contributed by atoms with van der Waals surface area (Å²) >= 11 is 4.49. The molecule has 6 heteroatoms. The number of unbranched alkanes of at least 4 members (excludes halogenated alkanes) is 1. The summed E-state index contributed by atoms with van der Waals surface area (Å²) in [5, 5.41) is 5.57. The molecule has 0 saturated carbocycles. The second-order valence-electron chi connectivity index (χ2n) is 9.89. The van der Waals surface area contributed by atoms with Crippen LogP contribution >= 0.6 is 23.5 Å². The summed E-state index contributed by atoms with van der Waals surface area (Å²) in [5.74, 6) is 4.10. The minimum Gasteiger partial charge on any atom is -0.357 e. The standard InChI is InChI=1S/C25H42N4S2/c1-2-3-14-25(28-17-8-9-18-28)26-24(27-15-6-7-16-27)23(21-12-4-10-19-30-21)29(25)22-13-5-11-20-31-22/h8,17,21-22,26H,2-7,9-16,18-20H2,1H3. The van der Waals surface area contributed by atoms with E-state index in [4.69, 9.17) is 0 Å². The van der Waals surface area contributed by atoms with Gasteiger partial charge in [0.1, 0.15) is 5.82 Å². The van der Waals surface area contributed by atoms with Crippen molar-refractivity contribution in [3.05, 3.63) is 23.8 Å². The number of thioether (sulfide) groups is 2. The Labute approximate surface area is 198 Å². The Morgan fingerprint density at radius 3 is 2.45 bits per heavy atom. The molecule has 1 N–H and O–H groups in total. The predicted octanol–water partition coefficient (Wildman–Crippen LogP) is 5.75. The number of hydrogen-bond acceptors (Lipinski definition) is 6. The van der Waals surface area contributed by atoms with E-state index in [2.05, 4.69) is 62.7 Å². The van der Waals surface area contributed by atoms with Crippen molar-refractivity contribution >= 4 is 23.5 Å². The summed E-state index contributed by atoms with van der Waals surface area (Å²) in [6, 6.07) is 0. The van der Waals surface area contributed by atoms with Crippen molar-refractivity contribution in [3.8, 4) is 0 Å². The zero-order valence-corrected chi connectivity index (χ0v) is 21.1. The summed E-state index contributed by atoms with van der Waals surface area (Å²) in [6.45, 7) is 5.97. The summed E-state index contributed by atoms with van der Waals surface area (Å²) in [6.07, 6.45) is 20.7. The van der Waals surface area contributed by atoms with Crippen LogP contribution in [0.5, 0.6) is 0 Å². The summed E-state index contributed by atoms with van der Waals surface area (Å²) < 4.78 is 0. The van der Waals surface area contributed by atoms with Crippen molar-refractivity contribution in [2.75, 3.05) is 31.1 Å². The molecule has 31 heavy (non-hydrogen) atoms. The Morgan fingerprint density at radius 2 is 1.81 bits per heavy atom. The molecule has 0 aromatic rings. The second kappa shape index (κ2) is 10.1. The van der Waals surface area contributed by atoms with Crippen LogP contribution in [0.1, 0.15) is 84.0 Å². The molecule has 3 unspecified atom stereocenters. The number of likely N-dealkylation sites (tertiary alicyclic amines) is 1. The summed E-state index contributed by atoms with van der Waals surface area (Å²) in [4.78, 5) is 8.38. The molecule has 0 spiro atoms. The quantitative estimate of drug-likeness (QED) is 0.516. The van der Waals surface area contributed by atoms with Gasteiger partial charge in [-0.25, -0.2) is 0 Å². The molecule has 5 rings (SSSR count). The van der Waals surface area contributed by atoms with Crippen LogP contribution in [-0.2, 0) is 0 Å². The van der Waals surface area contributed by atoms with Gasteiger partial charge >= 0.3 is 0 Å². The molecule has 0 radical (unpaired) electrons. The van der Waals surface area contributed by atoms with Gasteiger partial charge in [0.05, 0.1) is 11.1 Å². The largest absolute Gasteiger partial charge is 0.357 e. The average Bonchev–Trinajstić information content (AvgIpc) is 3.59. The van der Waals surface area contributed by atoms with Crippen LogP contribution in [0.4, 0.5) is 0 Å². The normalized spacial score (nSPS) is 34.2. The van der Waals surface area contributed by atoms with Crippen molar-refractivity contribution in [3.63, 3.8) is 0 Å². The highest BCUT2D eigenvalue weighted by molar-refractivity contribution is 8.00. The van der Waals surface area contributed by atoms with Gasteiger partial charge < -0.3 is 20.0 Å². The van der Waals surface area contributed by atoms with Gasteiger partial charge in [0.15, 0.2) is 5.79 Å². The van der Waals surface area contributed by atoms with Gasteiger partial charge in [0.25, 0.3) is 0 Å². The molecular weight excluding hydrogens is 420 g/mol. The van der Waals surface area contributed by atoms with Crippen LogP contribution in [0.15, 0.2) is 23.8 Å². The maximum absolute atomic E-state index is 4.30. The van der Waals surface area contributed by atoms with Crippen LogP contribution in [0.25, 0.3) is 0 Å². The van der Waals surface area contributed by atoms with Crippen molar-refractivity contribution in [2.45, 2.75) is 100 Å². The molecule has 0 bridgehead atoms. The first-order valence-electron chi connectivity index (χ1n) is 13.1. The molecule has 3 fully saturated rings. The zero-order valence-electron chi connectivity index (χ0n) is 19.5. The Morgan fingerprint density at radius 1 is 1.00 bits per heavy atom. The third kappa shape index (κ3) is 4.32. The van der Waals surface area contributed by atoms with E-state index in [1.807, 2.05) is 0 Å². The lowest BCUT2D eigenvalue weighted by Crippen LogP contribution is -2.65. The predicted molar refractivity (Wildman–Crippen MR) is 136 cm³/mol. The fraction of sp³-hybridized carbons (Fsp3) is 0.840. The molecule has 3 atom stereocenters. The molecule has 4 nitrogen and oxygen atoms in total. The van der Waals surface area contributed by atoms with E-state index in [1.165, 1.54) is 107 Å². The molecule has 5 aliphatic rings. The number of nitrogens with zero attached hydrogens (tertiary/aromatic N) is 3. The molecule has 0 aromatic carbocycles. The van der Waals surface area contributed by atoms with Gasteiger partial charge in [0.2, 0.25) is 0 Å². The highest BCUT2D eigenvalue weighted by Gasteiger charge is 2.54. The minimum atomic E-state index is -0.0662. The number of rotatable bonds is 7. The highest BCUT2D eigenvalue weighted by atomic mass is 32.2. The first-order chi connectivity index (χ1) is 15.3. The SMILES string of the molecule is CCCCC1(N2C=CCC2)NC(N2CCCC2)=C(C2CCCCS2)N1C1CCCCS1. The minimum absolute atomic E-state index is 0.0662. The molecule has 5 aliphatic heterocycles. The average molecular weight is 463 g/mol. The molecule has 0 amide bonds. The Kier molecular flexibility index (Phi) is 7.24. The Balaban J connectivity index is 1.59. The van der Waals surface area contributed by atoms with Gasteiger partial charge in [-0.1, -0.05) is 25.8 Å². The van der Waals surface area contributed by atoms with E-state index in [9.17, 15) is 0 Å². The lowest BCUT2D eigenvalue weighted by molar-refractivity contribution is -0.0284. The topological polar surface area (TPSA) is 21.8 Å². The smallest absolute Gasteiger partial charge is 0.191 e. The fourth-order valence-corrected chi connectivity index (χ4v) is 8.94. The Hall–Kier alpha value is -0.620. The zero-order chi connectivity index (χ0) is 21.1. The van der Waals surface area contributed by atoms with Gasteiger partial charge in [-0.3, -0.25) is 0 Å². The molecule has 174 valence electrons. The molecule has 0 aromatic heterocycles. The fourth-order valence-electron chi connectivity index (χ4n) is 6.15. The van der Waals surface area contributed by atoms with E-state index in [0.717, 1.165) is 6.54 Å². The Bertz CT molecular complexity index is 662. The molecule has 0 aliphatic carbocycles. The van der Waals surface area contributed by atoms with E-state index in [-0.39, 0.29) is 5.79 Å². The van der Waals surface area contributed by atoms with Crippen LogP contribution in [0.3, 0.4) is 0 Å². The lowest BCUT2D eigenvalue weighted by Gasteiger charge is -2.52. The summed E-state index contributed by atoms with van der Waals surface area (Å²) in [7, 11) is 0. The third-order valence-corrected chi connectivity index (χ3v) is 10.5. The van der Waals surface area contributed by atoms with E-state index in [1.54, 1.807) is 5.70 Å². The van der Waals surface area contributed by atoms with Gasteiger partial charge in [-0.05, 0) is 75.5 Å². The van der Waals surface area contributed by atoms with Crippen molar-refractivity contribution in [2.24, 2.45) is 0 Å². The monoisotopic (exact) mass is 462 g/mol. The number of nitrogens with one attached hydrogen (secondary N) is 1. The van der Waals surface area contributed by atoms with Crippen LogP contribution in [0, 0.1) is 0 Å². The van der Waals surface area contributed by atoms with Crippen molar-refractivity contribution in [1.29, 1.82) is 0 Å². The first kappa shape index (κ1) is 22.2. The van der Waals surface area contributed by atoms with E-state index in [0.29, 0.717) is 10.6 Å². The van der Waals surface area contributed by atoms with E-state index >= 15 is 0 Å². The maximum Gasteiger partial charge on any atom is 0.191 e. The van der Waals surface area contributed by atoms with Crippen molar-refractivity contribution < 1.29 is 0 Å². The second-order valence-corrected chi connectivity index (χ2v) is 12.5. The molecule has 3 saturated heterocycles. The van der Waals surface area contributed by atoms with E-state index < -0.39 is 0 Å². The highest BCUT2D eigenvalue weighted by Crippen LogP contribution is 2.49. The lowest BCUT2D eigenvalue weighted by atomic mass is 10.0. The number of hydrogen-bond donors (Lipinski definition) is 1. The van der Waals surface area contributed by atoms with Crippen LogP contribution < -0.4 is 5.32 Å². The van der Waals surface area contributed by atoms with Gasteiger partial charge in [-0.15, -0.1) is 11.8 Å². The van der Waals surface area contributed by atoms with Gasteiger partial charge in [0, 0.05) is 31.3 Å². The van der Waals surface area contributed by atoms with Crippen LogP contribution in [-0.4, -0.2) is 62.3 Å². The molecule has 5 heterocycles. The first-order valence-corrected chi connectivity index (χ1v) is 15.2. The molecular formula is C25H42N4S2. The van der Waals surface area contributed by atoms with Gasteiger partial charge in [-0.2, -0.15) is 11.8 Å². The van der Waals surface area contributed by atoms with Crippen LogP contribution in [0.2, 0.25) is 0 Å².